The number of benzene rings is 5. The van der Waals surface area contributed by atoms with Gasteiger partial charge in [0.15, 0.2) is 76.0 Å². The molecule has 0 aliphatic carbocycles. The van der Waals surface area contributed by atoms with Crippen molar-refractivity contribution in [3.05, 3.63) is 168 Å². The second-order valence-electron chi connectivity index (χ2n) is 11.9. The van der Waals surface area contributed by atoms with Crippen molar-refractivity contribution in [3.8, 4) is 0 Å². The summed E-state index contributed by atoms with van der Waals surface area (Å²) in [7, 11) is 0. The number of thiazole rings is 1. The van der Waals surface area contributed by atoms with Gasteiger partial charge in [-0.2, -0.15) is 4.57 Å². The summed E-state index contributed by atoms with van der Waals surface area (Å²) in [6.45, 7) is 0.408. The summed E-state index contributed by atoms with van der Waals surface area (Å²) in [5, 5.41) is 1.95. The standard InChI is InChI=1S/C24BF20.C11H9BrNOS/c26-5-1(6(27)14(35)21(42)13(5)34)25(2-7(28)15(36)22(43)16(37)8(2)29,3-9(30)17(38)23(44)18(39)10(3)31)4-11(32)19(40)24(45)20(41)12(4)33;12-10-3-1-9(2-4-10)11(14)7-13-5-6-15-8-13/h;1-6,8H,7H2/q-1;+1. The molecule has 316 valence electrons. The van der Waals surface area contributed by atoms with Gasteiger partial charge in [-0.3, -0.25) is 4.79 Å². The van der Waals surface area contributed by atoms with Crippen LogP contribution >= 0.6 is 27.3 Å². The van der Waals surface area contributed by atoms with Gasteiger partial charge < -0.3 is 0 Å². The van der Waals surface area contributed by atoms with E-state index in [0.717, 1.165) is 10.0 Å². The number of ketones is 1. The molecule has 0 radical (unpaired) electrons. The third-order valence-electron chi connectivity index (χ3n) is 8.73. The van der Waals surface area contributed by atoms with Gasteiger partial charge in [-0.25, -0.2) is 87.8 Å². The lowest BCUT2D eigenvalue weighted by Crippen LogP contribution is -2.81. The van der Waals surface area contributed by atoms with Crippen molar-refractivity contribution in [3.63, 3.8) is 0 Å². The molecule has 0 amide bonds. The number of Topliss-reactive ketones (excluding diaryl/α,β-unsaturated/α-hetero) is 1. The van der Waals surface area contributed by atoms with E-state index >= 15 is 35.1 Å². The van der Waals surface area contributed by atoms with Crippen molar-refractivity contribution in [2.45, 2.75) is 6.54 Å². The maximum absolute atomic E-state index is 15.4. The van der Waals surface area contributed by atoms with E-state index in [9.17, 15) is 57.5 Å². The van der Waals surface area contributed by atoms with E-state index in [1.54, 1.807) is 11.3 Å². The van der Waals surface area contributed by atoms with Gasteiger partial charge in [-0.05, 0) is 12.1 Å². The summed E-state index contributed by atoms with van der Waals surface area (Å²) < 4.78 is 297. The van der Waals surface area contributed by atoms with Crippen LogP contribution < -0.4 is 26.4 Å². The van der Waals surface area contributed by atoms with Gasteiger partial charge in [0.2, 0.25) is 17.8 Å². The molecule has 6 aromatic rings. The Kier molecular flexibility index (Phi) is 12.8. The molecule has 1 aromatic heterocycles. The first-order valence-electron chi connectivity index (χ1n) is 15.4. The van der Waals surface area contributed by atoms with Crippen molar-refractivity contribution >= 4 is 61.0 Å². The second kappa shape index (κ2) is 16.9. The Labute approximate surface area is 332 Å². The van der Waals surface area contributed by atoms with Crippen LogP contribution in [0.25, 0.3) is 0 Å². The molecule has 0 spiro atoms. The average molecular weight is 962 g/mol. The molecule has 2 nitrogen and oxygen atoms in total. The van der Waals surface area contributed by atoms with Crippen molar-refractivity contribution < 1.29 is 97.2 Å². The van der Waals surface area contributed by atoms with Crippen molar-refractivity contribution in [2.75, 3.05) is 0 Å². The van der Waals surface area contributed by atoms with E-state index in [1.165, 1.54) is 0 Å². The highest BCUT2D eigenvalue weighted by Gasteiger charge is 2.52. The molecule has 0 saturated heterocycles. The Hall–Kier alpha value is -5.46. The molecular formula is C35H9BBrF20NOS. The maximum Gasteiger partial charge on any atom is 0.227 e. The van der Waals surface area contributed by atoms with Crippen LogP contribution in [0.2, 0.25) is 0 Å². The first kappa shape index (κ1) is 45.6. The SMILES string of the molecule is Fc1c(F)c(F)c([B-](c2c(F)c(F)c(F)c(F)c2F)(c2c(F)c(F)c(F)c(F)c2F)c2c(F)c(F)c(F)c(F)c2F)c(F)c1F.O=C(C[n+]1ccsc1)c1ccc(Br)cc1. The lowest BCUT2D eigenvalue weighted by atomic mass is 9.12. The van der Waals surface area contributed by atoms with Crippen LogP contribution in [0.1, 0.15) is 10.4 Å². The van der Waals surface area contributed by atoms with Gasteiger partial charge in [0.1, 0.15) is 52.7 Å². The third-order valence-corrected chi connectivity index (χ3v) is 9.93. The lowest BCUT2D eigenvalue weighted by molar-refractivity contribution is -0.678. The highest BCUT2D eigenvalue weighted by Crippen LogP contribution is 2.30. The molecule has 25 heteroatoms. The second-order valence-corrected chi connectivity index (χ2v) is 13.6. The Morgan fingerprint density at radius 1 is 0.433 bits per heavy atom. The van der Waals surface area contributed by atoms with Crippen LogP contribution in [0.15, 0.2) is 45.8 Å². The first-order valence-corrected chi connectivity index (χ1v) is 17.1. The molecule has 0 N–H and O–H groups in total. The van der Waals surface area contributed by atoms with Crippen molar-refractivity contribution in [2.24, 2.45) is 0 Å². The maximum atomic E-state index is 15.4. The number of carbonyl (C=O) groups excluding carboxylic acids is 1. The zero-order valence-electron chi connectivity index (χ0n) is 28.0. The van der Waals surface area contributed by atoms with E-state index in [0.29, 0.717) is 6.54 Å². The van der Waals surface area contributed by atoms with Crippen molar-refractivity contribution in [1.82, 2.24) is 0 Å². The Morgan fingerprint density at radius 2 is 0.683 bits per heavy atom. The largest absolute Gasteiger partial charge is 0.287 e. The van der Waals surface area contributed by atoms with Crippen LogP contribution in [0.4, 0.5) is 87.8 Å². The number of hydrogen-bond donors (Lipinski definition) is 0. The fraction of sp³-hybridized carbons (Fsp3) is 0.0286. The first-order chi connectivity index (χ1) is 28.0. The Balaban J connectivity index is 0.000000379. The summed E-state index contributed by atoms with van der Waals surface area (Å²) >= 11 is 4.92. The molecule has 0 unspecified atom stereocenters. The molecule has 0 atom stereocenters. The number of rotatable bonds is 7. The van der Waals surface area contributed by atoms with Gasteiger partial charge in [0.05, 0.1) is 5.38 Å². The smallest absolute Gasteiger partial charge is 0.227 e. The Morgan fingerprint density at radius 3 is 0.917 bits per heavy atom. The van der Waals surface area contributed by atoms with Gasteiger partial charge in [-0.1, -0.05) is 39.4 Å². The van der Waals surface area contributed by atoms with Crippen LogP contribution in [0.5, 0.6) is 0 Å². The zero-order chi connectivity index (χ0) is 45.0. The van der Waals surface area contributed by atoms with E-state index in [1.807, 2.05) is 45.9 Å². The number of halogens is 21. The van der Waals surface area contributed by atoms with E-state index in [4.69, 9.17) is 0 Å². The number of hydrogen-bond acceptors (Lipinski definition) is 2. The van der Waals surface area contributed by atoms with Crippen LogP contribution in [0, 0.1) is 116 Å². The summed E-state index contributed by atoms with van der Waals surface area (Å²) in [4.78, 5) is 11.8. The normalized spacial score (nSPS) is 11.6. The summed E-state index contributed by atoms with van der Waals surface area (Å²) in [6.07, 6.45) is -5.31. The minimum absolute atomic E-state index is 0.130. The average Bonchev–Trinajstić information content (AvgIpc) is 3.74. The third kappa shape index (κ3) is 7.17. The molecule has 60 heavy (non-hydrogen) atoms. The molecule has 0 aliphatic heterocycles. The fourth-order valence-corrected chi connectivity index (χ4v) is 6.98. The predicted molar refractivity (Wildman–Crippen MR) is 172 cm³/mol. The van der Waals surface area contributed by atoms with Crippen molar-refractivity contribution in [1.29, 1.82) is 0 Å². The molecule has 6 rings (SSSR count). The summed E-state index contributed by atoms with van der Waals surface area (Å²) in [6, 6.07) is 7.43. The molecule has 5 aromatic carbocycles. The van der Waals surface area contributed by atoms with E-state index in [2.05, 4.69) is 15.9 Å². The molecule has 1 heterocycles. The molecule has 0 fully saturated rings. The lowest BCUT2D eigenvalue weighted by Gasteiger charge is -2.44. The Bertz CT molecular complexity index is 2330. The highest BCUT2D eigenvalue weighted by molar-refractivity contribution is 9.10. The fourth-order valence-electron chi connectivity index (χ4n) is 6.12. The minimum Gasteiger partial charge on any atom is -0.287 e. The van der Waals surface area contributed by atoms with Gasteiger partial charge in [0, 0.05) is 10.0 Å². The van der Waals surface area contributed by atoms with Gasteiger partial charge >= 0.3 is 0 Å². The van der Waals surface area contributed by atoms with Crippen LogP contribution in [-0.4, -0.2) is 11.9 Å². The topological polar surface area (TPSA) is 20.9 Å². The minimum atomic E-state index is -7.22. The highest BCUT2D eigenvalue weighted by atomic mass is 79.9. The van der Waals surface area contributed by atoms with Gasteiger partial charge in [0.25, 0.3) is 0 Å². The zero-order valence-corrected chi connectivity index (χ0v) is 30.4. The quantitative estimate of drug-likeness (QED) is 0.0393. The molecule has 0 aliphatic rings. The van der Waals surface area contributed by atoms with Crippen LogP contribution in [-0.2, 0) is 6.54 Å². The number of nitrogens with zero attached hydrogens (tertiary/aromatic N) is 1. The number of aromatic nitrogens is 1. The van der Waals surface area contributed by atoms with Crippen LogP contribution in [0.3, 0.4) is 0 Å². The predicted octanol–water partition coefficient (Wildman–Crippen LogP) is 8.53. The van der Waals surface area contributed by atoms with Gasteiger partial charge in [-0.15, -0.1) is 21.9 Å². The molecule has 0 bridgehead atoms. The summed E-state index contributed by atoms with van der Waals surface area (Å²) in [5.41, 5.74) is -11.7. The summed E-state index contributed by atoms with van der Waals surface area (Å²) in [5.74, 6) is -71.3. The number of carbonyl (C=O) groups is 1. The monoisotopic (exact) mass is 961 g/mol. The molecule has 0 saturated carbocycles. The van der Waals surface area contributed by atoms with E-state index in [-0.39, 0.29) is 5.78 Å². The van der Waals surface area contributed by atoms with E-state index < -0.39 is 144 Å². The molecular weight excluding hydrogens is 953 g/mol.